The van der Waals surface area contributed by atoms with Crippen LogP contribution in [-0.4, -0.2) is 34.5 Å². The lowest BCUT2D eigenvalue weighted by molar-refractivity contribution is -0.152. The van der Waals surface area contributed by atoms with Crippen LogP contribution in [0.2, 0.25) is 0 Å². The molecule has 114 valence electrons. The standard InChI is InChI=1S/C17H23NO3/c1-12-7-3-4-8-14(12)13(2)11-16(19)18-10-6-5-9-15(18)17(20)21/h3-4,7-8,13,15H,5-6,9-11H2,1-2H3,(H,20,21). The number of aliphatic carboxylic acids is 1. The van der Waals surface area contributed by atoms with Crippen LogP contribution in [-0.2, 0) is 9.59 Å². The van der Waals surface area contributed by atoms with Crippen LogP contribution in [0, 0.1) is 6.92 Å². The molecule has 1 aromatic carbocycles. The van der Waals surface area contributed by atoms with Crippen molar-refractivity contribution in [2.24, 2.45) is 0 Å². The van der Waals surface area contributed by atoms with Crippen molar-refractivity contribution in [1.29, 1.82) is 0 Å². The molecule has 1 aliphatic heterocycles. The summed E-state index contributed by atoms with van der Waals surface area (Å²) in [6.45, 7) is 4.63. The first-order valence-electron chi connectivity index (χ1n) is 7.58. The molecule has 0 aromatic heterocycles. The maximum atomic E-state index is 12.5. The van der Waals surface area contributed by atoms with Gasteiger partial charge >= 0.3 is 5.97 Å². The van der Waals surface area contributed by atoms with Gasteiger partial charge in [-0.1, -0.05) is 31.2 Å². The number of piperidine rings is 1. The van der Waals surface area contributed by atoms with Crippen molar-refractivity contribution in [2.45, 2.75) is 51.5 Å². The molecule has 1 N–H and O–H groups in total. The zero-order valence-corrected chi connectivity index (χ0v) is 12.7. The highest BCUT2D eigenvalue weighted by Crippen LogP contribution is 2.25. The zero-order valence-electron chi connectivity index (χ0n) is 12.7. The lowest BCUT2D eigenvalue weighted by Crippen LogP contribution is -2.48. The Hall–Kier alpha value is -1.84. The van der Waals surface area contributed by atoms with Gasteiger partial charge in [0.15, 0.2) is 0 Å². The highest BCUT2D eigenvalue weighted by molar-refractivity contribution is 5.84. The lowest BCUT2D eigenvalue weighted by Gasteiger charge is -2.33. The Bertz CT molecular complexity index is 527. The minimum absolute atomic E-state index is 0.0437. The maximum absolute atomic E-state index is 12.5. The van der Waals surface area contributed by atoms with Crippen LogP contribution in [0.15, 0.2) is 24.3 Å². The monoisotopic (exact) mass is 289 g/mol. The molecule has 2 rings (SSSR count). The first-order chi connectivity index (χ1) is 10.0. The van der Waals surface area contributed by atoms with Crippen LogP contribution >= 0.6 is 0 Å². The molecule has 2 unspecified atom stereocenters. The largest absolute Gasteiger partial charge is 0.480 e. The van der Waals surface area contributed by atoms with Crippen molar-refractivity contribution in [3.05, 3.63) is 35.4 Å². The van der Waals surface area contributed by atoms with Crippen molar-refractivity contribution in [3.8, 4) is 0 Å². The Labute approximate surface area is 125 Å². The fourth-order valence-electron chi connectivity index (χ4n) is 3.12. The van der Waals surface area contributed by atoms with Gasteiger partial charge in [0.2, 0.25) is 5.91 Å². The third-order valence-electron chi connectivity index (χ3n) is 4.31. The molecule has 21 heavy (non-hydrogen) atoms. The summed E-state index contributed by atoms with van der Waals surface area (Å²) in [5.74, 6) is -0.820. The van der Waals surface area contributed by atoms with Gasteiger partial charge in [-0.05, 0) is 43.2 Å². The minimum Gasteiger partial charge on any atom is -0.480 e. The molecule has 2 atom stereocenters. The first-order valence-corrected chi connectivity index (χ1v) is 7.58. The van der Waals surface area contributed by atoms with Crippen molar-refractivity contribution in [2.75, 3.05) is 6.54 Å². The highest BCUT2D eigenvalue weighted by atomic mass is 16.4. The Balaban J connectivity index is 2.06. The second-order valence-corrected chi connectivity index (χ2v) is 5.90. The molecule has 0 bridgehead atoms. The molecule has 4 heteroatoms. The summed E-state index contributed by atoms with van der Waals surface area (Å²) in [7, 11) is 0. The number of benzene rings is 1. The van der Waals surface area contributed by atoms with Gasteiger partial charge in [0.1, 0.15) is 6.04 Å². The van der Waals surface area contributed by atoms with E-state index in [1.807, 2.05) is 38.1 Å². The molecular weight excluding hydrogens is 266 g/mol. The number of carbonyl (C=O) groups is 2. The molecular formula is C17H23NO3. The van der Waals surface area contributed by atoms with Crippen LogP contribution < -0.4 is 0 Å². The number of carboxylic acids is 1. The number of rotatable bonds is 4. The summed E-state index contributed by atoms with van der Waals surface area (Å²) in [4.78, 5) is 25.3. The molecule has 1 aliphatic rings. The van der Waals surface area contributed by atoms with Gasteiger partial charge < -0.3 is 10.0 Å². The minimum atomic E-state index is -0.883. The molecule has 0 radical (unpaired) electrons. The fourth-order valence-corrected chi connectivity index (χ4v) is 3.12. The number of nitrogens with zero attached hydrogens (tertiary/aromatic N) is 1. The third kappa shape index (κ3) is 3.63. The van der Waals surface area contributed by atoms with Gasteiger partial charge in [-0.3, -0.25) is 4.79 Å². The molecule has 4 nitrogen and oxygen atoms in total. The van der Waals surface area contributed by atoms with Crippen molar-refractivity contribution >= 4 is 11.9 Å². The van der Waals surface area contributed by atoms with Crippen LogP contribution in [0.3, 0.4) is 0 Å². The summed E-state index contributed by atoms with van der Waals surface area (Å²) >= 11 is 0. The Kier molecular flexibility index (Phi) is 4.99. The third-order valence-corrected chi connectivity index (χ3v) is 4.31. The Morgan fingerprint density at radius 1 is 1.33 bits per heavy atom. The van der Waals surface area contributed by atoms with Crippen LogP contribution in [0.1, 0.15) is 49.7 Å². The second-order valence-electron chi connectivity index (χ2n) is 5.90. The van der Waals surface area contributed by atoms with Crippen molar-refractivity contribution in [1.82, 2.24) is 4.90 Å². The van der Waals surface area contributed by atoms with Gasteiger partial charge in [-0.25, -0.2) is 4.79 Å². The fraction of sp³-hybridized carbons (Fsp3) is 0.529. The van der Waals surface area contributed by atoms with E-state index in [2.05, 4.69) is 0 Å². The van der Waals surface area contributed by atoms with E-state index >= 15 is 0 Å². The summed E-state index contributed by atoms with van der Waals surface area (Å²) in [6, 6.07) is 7.40. The molecule has 1 saturated heterocycles. The van der Waals surface area contributed by atoms with E-state index in [9.17, 15) is 14.7 Å². The lowest BCUT2D eigenvalue weighted by atomic mass is 9.92. The maximum Gasteiger partial charge on any atom is 0.326 e. The van der Waals surface area contributed by atoms with Gasteiger partial charge in [-0.2, -0.15) is 0 Å². The summed E-state index contributed by atoms with van der Waals surface area (Å²) in [5.41, 5.74) is 2.33. The summed E-state index contributed by atoms with van der Waals surface area (Å²) in [6.07, 6.45) is 2.72. The average molecular weight is 289 g/mol. The molecule has 0 spiro atoms. The predicted octanol–water partition coefficient (Wildman–Crippen LogP) is 2.95. The van der Waals surface area contributed by atoms with Crippen LogP contribution in [0.4, 0.5) is 0 Å². The normalized spacial score (nSPS) is 20.1. The number of hydrogen-bond donors (Lipinski definition) is 1. The molecule has 1 fully saturated rings. The second kappa shape index (κ2) is 6.74. The Morgan fingerprint density at radius 3 is 2.71 bits per heavy atom. The number of carbonyl (C=O) groups excluding carboxylic acids is 1. The SMILES string of the molecule is Cc1ccccc1C(C)CC(=O)N1CCCCC1C(=O)O. The zero-order chi connectivity index (χ0) is 15.4. The molecule has 0 aliphatic carbocycles. The molecule has 1 heterocycles. The average Bonchev–Trinajstić information content (AvgIpc) is 2.47. The van der Waals surface area contributed by atoms with E-state index in [1.54, 1.807) is 4.90 Å². The predicted molar refractivity (Wildman–Crippen MR) is 81.2 cm³/mol. The van der Waals surface area contributed by atoms with Gasteiger partial charge in [0.25, 0.3) is 0 Å². The number of likely N-dealkylation sites (tertiary alicyclic amines) is 1. The molecule has 1 amide bonds. The van der Waals surface area contributed by atoms with Crippen LogP contribution in [0.25, 0.3) is 0 Å². The highest BCUT2D eigenvalue weighted by Gasteiger charge is 2.32. The van der Waals surface area contributed by atoms with Crippen LogP contribution in [0.5, 0.6) is 0 Å². The Morgan fingerprint density at radius 2 is 2.05 bits per heavy atom. The van der Waals surface area contributed by atoms with E-state index < -0.39 is 12.0 Å². The molecule has 1 aromatic rings. The molecule has 0 saturated carbocycles. The topological polar surface area (TPSA) is 57.6 Å². The van der Waals surface area contributed by atoms with Gasteiger partial charge in [0.05, 0.1) is 0 Å². The van der Waals surface area contributed by atoms with E-state index in [0.717, 1.165) is 18.4 Å². The van der Waals surface area contributed by atoms with Gasteiger partial charge in [-0.15, -0.1) is 0 Å². The first kappa shape index (κ1) is 15.5. The number of hydrogen-bond acceptors (Lipinski definition) is 2. The summed E-state index contributed by atoms with van der Waals surface area (Å²) < 4.78 is 0. The number of amides is 1. The van der Waals surface area contributed by atoms with Crippen molar-refractivity contribution in [3.63, 3.8) is 0 Å². The van der Waals surface area contributed by atoms with E-state index in [-0.39, 0.29) is 11.8 Å². The summed E-state index contributed by atoms with van der Waals surface area (Å²) in [5, 5.41) is 9.26. The number of aryl methyl sites for hydroxylation is 1. The van der Waals surface area contributed by atoms with E-state index in [1.165, 1.54) is 5.56 Å². The van der Waals surface area contributed by atoms with E-state index in [4.69, 9.17) is 0 Å². The van der Waals surface area contributed by atoms with Crippen molar-refractivity contribution < 1.29 is 14.7 Å². The van der Waals surface area contributed by atoms with Gasteiger partial charge in [0, 0.05) is 13.0 Å². The smallest absolute Gasteiger partial charge is 0.326 e. The number of carboxylic acid groups (broad SMARTS) is 1. The quantitative estimate of drug-likeness (QED) is 0.927. The van der Waals surface area contributed by atoms with E-state index in [0.29, 0.717) is 19.4 Å².